The highest BCUT2D eigenvalue weighted by molar-refractivity contribution is 9.11. The van der Waals surface area contributed by atoms with Crippen LogP contribution >= 0.6 is 118 Å². The van der Waals surface area contributed by atoms with Crippen molar-refractivity contribution >= 4 is 204 Å². The monoisotopic (exact) mass is 2150 g/mol. The zero-order valence-electron chi connectivity index (χ0n) is 78.1. The summed E-state index contributed by atoms with van der Waals surface area (Å²) in [6.07, 6.45) is 8.31. The zero-order chi connectivity index (χ0) is 97.1. The number of aromatic nitrogens is 3. The summed E-state index contributed by atoms with van der Waals surface area (Å²) in [5, 5.41) is 4.60. The minimum Gasteiger partial charge on any atom is -0.361 e. The van der Waals surface area contributed by atoms with Crippen LogP contribution in [0.15, 0.2) is 247 Å². The van der Waals surface area contributed by atoms with Gasteiger partial charge in [0.2, 0.25) is 53.2 Å². The summed E-state index contributed by atoms with van der Waals surface area (Å²) >= 11 is 34.1. The van der Waals surface area contributed by atoms with E-state index in [1.54, 1.807) is 0 Å². The number of carbonyl (C=O) groups is 9. The third-order valence-corrected chi connectivity index (χ3v) is 33.3. The summed E-state index contributed by atoms with van der Waals surface area (Å²) in [6.45, 7) is 24.2. The number of hydrogen-bond acceptors (Lipinski definition) is 12. The van der Waals surface area contributed by atoms with Crippen LogP contribution < -0.4 is 0 Å². The number of thioether (sulfide) groups is 3. The SMILES string of the molecule is CCCCC(=O)N1CCN(C(=O)[C@]2(Sc3ccc(C)cc3)CC(=O)N(Cc3ccc(Br)cc3)[C@H]2c2c[nH]c3cc(Cl)ccc23)CC1.Cc1ccc(S[C@@]2(C(=O)N3CCN(C(=O)C(C)(C)C)CC3)CC(=O)N(Cc3ccc(Br)cc3)[C@H]2c2c[nH]c3cc(Cl)ccc23)cc1.Cc1ccc(S[C@@]2(C(=O)N3CCN(C(=O)C(C)C)CC3)CC(=O)N(Cc3ccc(Br)cc3)[C@H]2c2c[nH]c3cc(Cl)ccc23)cc1. The third-order valence-electron chi connectivity index (χ3n) is 26.8. The van der Waals surface area contributed by atoms with Gasteiger partial charge >= 0.3 is 0 Å². The second kappa shape index (κ2) is 42.7. The first-order chi connectivity index (χ1) is 65.6. The molecule has 6 aliphatic heterocycles. The number of piperazine rings is 3. The van der Waals surface area contributed by atoms with Crippen LogP contribution in [-0.4, -0.2) is 205 Å². The van der Waals surface area contributed by atoms with Crippen molar-refractivity contribution in [1.29, 1.82) is 0 Å². The van der Waals surface area contributed by atoms with Gasteiger partial charge in [0.1, 0.15) is 14.2 Å². The number of aryl methyl sites for hydroxylation is 3. The van der Waals surface area contributed by atoms with Gasteiger partial charge in [0.05, 0.1) is 37.4 Å². The first-order valence-corrected chi connectivity index (χ1v) is 52.5. The number of H-pyrrole nitrogens is 3. The number of amides is 9. The van der Waals surface area contributed by atoms with E-state index in [9.17, 15) is 28.8 Å². The topological polar surface area (TPSA) is 230 Å². The molecule has 18 rings (SSSR count). The maximum Gasteiger partial charge on any atom is 0.242 e. The number of likely N-dealkylation sites (tertiary alicyclic amines) is 3. The Morgan fingerprint density at radius 3 is 0.949 bits per heavy atom. The Morgan fingerprint density at radius 1 is 0.394 bits per heavy atom. The molecular weight excluding hydrogens is 2040 g/mol. The number of nitrogens with one attached hydrogen (secondary N) is 3. The molecule has 6 saturated heterocycles. The average Bonchev–Trinajstić information content (AvgIpc) is 1.57. The van der Waals surface area contributed by atoms with Crippen LogP contribution in [0.5, 0.6) is 0 Å². The normalized spacial score (nSPS) is 20.4. The maximum absolute atomic E-state index is 15.1. The van der Waals surface area contributed by atoms with Gasteiger partial charge in [0.15, 0.2) is 0 Å². The molecule has 0 saturated carbocycles. The molecule has 9 heterocycles. The van der Waals surface area contributed by atoms with E-state index in [2.05, 4.69) is 69.7 Å². The van der Waals surface area contributed by atoms with Gasteiger partial charge in [-0.05, 0) is 153 Å². The number of benzene rings is 9. The summed E-state index contributed by atoms with van der Waals surface area (Å²) in [4.78, 5) is 156. The summed E-state index contributed by atoms with van der Waals surface area (Å²) in [5.74, 6) is -0.242. The number of aromatic amines is 3. The Labute approximate surface area is 853 Å². The molecule has 9 aromatic carbocycles. The minimum absolute atomic E-state index is 0.0486. The van der Waals surface area contributed by atoms with Crippen molar-refractivity contribution in [2.24, 2.45) is 11.3 Å². The Morgan fingerprint density at radius 2 is 0.672 bits per heavy atom. The van der Waals surface area contributed by atoms with E-state index < -0.39 is 37.8 Å². The molecule has 21 nitrogen and oxygen atoms in total. The van der Waals surface area contributed by atoms with Gasteiger partial charge in [-0.25, -0.2) is 0 Å². The Kier molecular flexibility index (Phi) is 31.2. The highest BCUT2D eigenvalue weighted by Crippen LogP contribution is 2.59. The molecule has 0 radical (unpaired) electrons. The standard InChI is InChI=1S/2C36H38BrClN4O3S.C35H36BrClN4O3S/c1-23-5-12-27(13-6-23)46-36(34(45)41-17-15-40(16-18-41)33(44)35(2,3)4)20-31(43)42(22-24-7-9-25(37)10-8-24)32(36)29-21-39-30-19-26(38)11-14-28(29)30;1-3-4-5-32(43)40-16-18-41(19-17-40)35(45)36(46-28-13-6-24(2)7-14-28)21-33(44)42(23-25-8-10-26(37)11-9-25)34(36)30-22-39-31-20-27(38)12-15-29(30)31;1-22(2)33(43)39-14-16-40(17-15-39)34(44)35(45-27-11-4-23(3)5-12-27)19-31(42)41(21-24-6-8-25(36)9-7-24)32(35)29-20-38-30-18-26(37)10-13-28(29)30/h5-14,19,21,32,39H,15-18,20,22H2,1-4H3;6-15,20,22,34,39H,3-5,16-19,21,23H2,1-2H3;4-13,18,20,22,32,38H,14-17,19,21H2,1-3H3/t32-,36-;34-,36-;32-,35-/m000/s1. The fourth-order valence-corrected chi connectivity index (χ4v) is 25.3. The lowest BCUT2D eigenvalue weighted by atomic mass is 9.90. The van der Waals surface area contributed by atoms with Crippen LogP contribution in [0.4, 0.5) is 0 Å². The molecule has 0 aliphatic carbocycles. The number of carbonyl (C=O) groups excluding carboxylic acids is 9. The summed E-state index contributed by atoms with van der Waals surface area (Å²) in [6, 6.07) is 63.6. The van der Waals surface area contributed by atoms with Gasteiger partial charge < -0.3 is 59.1 Å². The van der Waals surface area contributed by atoms with E-state index in [1.165, 1.54) is 35.3 Å². The number of hydrogen-bond donors (Lipinski definition) is 3. The van der Waals surface area contributed by atoms with Gasteiger partial charge in [-0.3, -0.25) is 43.2 Å². The second-order valence-electron chi connectivity index (χ2n) is 37.8. The largest absolute Gasteiger partial charge is 0.361 e. The van der Waals surface area contributed by atoms with E-state index in [0.29, 0.717) is 120 Å². The van der Waals surface area contributed by atoms with Crippen molar-refractivity contribution in [2.75, 3.05) is 78.5 Å². The highest BCUT2D eigenvalue weighted by atomic mass is 79.9. The van der Waals surface area contributed by atoms with Gasteiger partial charge in [0.25, 0.3) is 0 Å². The second-order valence-corrected chi connectivity index (χ2v) is 46.0. The molecule has 6 fully saturated rings. The molecule has 6 aliphatic rings. The molecule has 0 unspecified atom stereocenters. The Balaban J connectivity index is 0.000000149. The van der Waals surface area contributed by atoms with E-state index in [1.807, 2.05) is 318 Å². The van der Waals surface area contributed by atoms with Crippen LogP contribution in [0.2, 0.25) is 15.1 Å². The van der Waals surface area contributed by atoms with Crippen LogP contribution in [-0.2, 0) is 62.8 Å². The number of unbranched alkanes of at least 4 members (excludes halogenated alkanes) is 1. The molecule has 3 N–H and O–H groups in total. The number of halogens is 6. The van der Waals surface area contributed by atoms with Crippen molar-refractivity contribution in [3.63, 3.8) is 0 Å². The first-order valence-electron chi connectivity index (χ1n) is 46.5. The van der Waals surface area contributed by atoms with E-state index in [-0.39, 0.29) is 78.3 Å². The predicted molar refractivity (Wildman–Crippen MR) is 559 cm³/mol. The van der Waals surface area contributed by atoms with Crippen LogP contribution in [0.25, 0.3) is 32.7 Å². The fraction of sp³-hybridized carbons (Fsp3) is 0.355. The molecule has 137 heavy (non-hydrogen) atoms. The van der Waals surface area contributed by atoms with Crippen molar-refractivity contribution in [3.8, 4) is 0 Å². The molecule has 714 valence electrons. The lowest BCUT2D eigenvalue weighted by molar-refractivity contribution is -0.146. The highest BCUT2D eigenvalue weighted by Gasteiger charge is 2.63. The average molecular weight is 2150 g/mol. The van der Waals surface area contributed by atoms with Crippen LogP contribution in [0, 0.1) is 32.1 Å². The first kappa shape index (κ1) is 100. The summed E-state index contributed by atoms with van der Waals surface area (Å²) in [7, 11) is 0. The summed E-state index contributed by atoms with van der Waals surface area (Å²) < 4.78 is -0.588. The van der Waals surface area contributed by atoms with E-state index in [4.69, 9.17) is 34.8 Å². The maximum atomic E-state index is 15.1. The van der Waals surface area contributed by atoms with Gasteiger partial charge in [-0.2, -0.15) is 0 Å². The van der Waals surface area contributed by atoms with Crippen molar-refractivity contribution < 1.29 is 43.2 Å². The van der Waals surface area contributed by atoms with Crippen molar-refractivity contribution in [3.05, 3.63) is 297 Å². The minimum atomic E-state index is -1.16. The van der Waals surface area contributed by atoms with E-state index in [0.717, 1.165) is 124 Å². The van der Waals surface area contributed by atoms with Gasteiger partial charge in [0, 0.05) is 227 Å². The summed E-state index contributed by atoms with van der Waals surface area (Å²) in [5.41, 5.74) is 11.0. The van der Waals surface area contributed by atoms with Crippen LogP contribution in [0.1, 0.15) is 148 Å². The molecule has 0 spiro atoms. The number of rotatable bonds is 22. The number of nitrogens with zero attached hydrogens (tertiary/aromatic N) is 9. The quantitative estimate of drug-likeness (QED) is 0.0575. The van der Waals surface area contributed by atoms with Crippen molar-refractivity contribution in [1.82, 2.24) is 59.1 Å². The molecular formula is C107H112Br3Cl3N12O9S3. The fourth-order valence-electron chi connectivity index (χ4n) is 19.6. The van der Waals surface area contributed by atoms with E-state index >= 15 is 14.4 Å². The molecule has 0 bridgehead atoms. The smallest absolute Gasteiger partial charge is 0.242 e. The van der Waals surface area contributed by atoms with Crippen LogP contribution in [0.3, 0.4) is 0 Å². The molecule has 3 aromatic heterocycles. The third kappa shape index (κ3) is 21.9. The lowest BCUT2D eigenvalue weighted by Crippen LogP contribution is -2.58. The zero-order valence-corrected chi connectivity index (χ0v) is 87.6. The van der Waals surface area contributed by atoms with Gasteiger partial charge in [-0.1, -0.05) is 238 Å². The molecule has 9 amide bonds. The molecule has 12 aromatic rings. The molecule has 30 heteroatoms. The number of fused-ring (bicyclic) bond motifs is 3. The van der Waals surface area contributed by atoms with Crippen molar-refractivity contribution in [2.45, 2.75) is 168 Å². The predicted octanol–water partition coefficient (Wildman–Crippen LogP) is 22.6. The van der Waals surface area contributed by atoms with Gasteiger partial charge in [-0.15, -0.1) is 35.3 Å². The Bertz CT molecular complexity index is 6480. The lowest BCUT2D eigenvalue weighted by Gasteiger charge is -2.43. The molecule has 6 atom stereocenters. The Hall–Kier alpha value is -9.81.